The molecule has 0 aliphatic carbocycles. The molecule has 0 radical (unpaired) electrons. The van der Waals surface area contributed by atoms with Gasteiger partial charge in [0.15, 0.2) is 23.7 Å². The minimum atomic E-state index is -1.75. The number of aromatic nitrogens is 2. The molecule has 0 saturated heterocycles. The van der Waals surface area contributed by atoms with Crippen molar-refractivity contribution in [2.24, 2.45) is 10.7 Å². The van der Waals surface area contributed by atoms with Gasteiger partial charge in [-0.05, 0) is 31.1 Å². The van der Waals surface area contributed by atoms with Crippen LogP contribution in [-0.4, -0.2) is 189 Å². The second kappa shape index (κ2) is 38.3. The maximum absolute atomic E-state index is 13.6. The summed E-state index contributed by atoms with van der Waals surface area (Å²) in [6, 6.07) is 5.70. The normalized spacial score (nSPS) is 12.7. The van der Waals surface area contributed by atoms with Gasteiger partial charge in [-0.15, -0.1) is 0 Å². The third-order valence-corrected chi connectivity index (χ3v) is 10.3. The van der Waals surface area contributed by atoms with Crippen molar-refractivity contribution < 1.29 is 89.2 Å². The molecule has 21 nitrogen and oxygen atoms in total. The van der Waals surface area contributed by atoms with E-state index in [-0.39, 0.29) is 70.1 Å². The van der Waals surface area contributed by atoms with E-state index in [1.54, 1.807) is 18.5 Å². The fourth-order valence-corrected chi connectivity index (χ4v) is 6.59. The largest absolute Gasteiger partial charge is 0.459 e. The predicted octanol–water partition coefficient (Wildman–Crippen LogP) is 4.63. The number of benzene rings is 2. The topological polar surface area (TPSA) is 245 Å². The molecule has 3 aromatic rings. The van der Waals surface area contributed by atoms with Crippen LogP contribution in [0.2, 0.25) is 0 Å². The summed E-state index contributed by atoms with van der Waals surface area (Å²) in [5.41, 5.74) is 9.69. The van der Waals surface area contributed by atoms with E-state index < -0.39 is 35.3 Å². The van der Waals surface area contributed by atoms with Crippen LogP contribution in [0.5, 0.6) is 5.75 Å². The molecule has 1 aliphatic heterocycles. The number of fused-ring (bicyclic) bond motifs is 1. The first kappa shape index (κ1) is 63.2. The molecule has 0 fully saturated rings. The van der Waals surface area contributed by atoms with Gasteiger partial charge in [-0.2, -0.15) is 8.78 Å². The predicted molar refractivity (Wildman–Crippen MR) is 267 cm³/mol. The highest BCUT2D eigenvalue weighted by Gasteiger charge is 2.24. The summed E-state index contributed by atoms with van der Waals surface area (Å²) in [6.07, 6.45) is 4.33. The lowest BCUT2D eigenvalue weighted by Crippen LogP contribution is -2.34. The Balaban J connectivity index is 0.854. The molecular formula is C51H72F4N6O15. The van der Waals surface area contributed by atoms with Gasteiger partial charge in [0.05, 0.1) is 151 Å². The lowest BCUT2D eigenvalue weighted by atomic mass is 10.0. The summed E-state index contributed by atoms with van der Waals surface area (Å²) < 4.78 is 113. The first-order valence-electron chi connectivity index (χ1n) is 25.2. The van der Waals surface area contributed by atoms with Crippen LogP contribution in [0.4, 0.5) is 23.2 Å². The Bertz CT molecular complexity index is 2170. The zero-order valence-electron chi connectivity index (χ0n) is 43.3. The summed E-state index contributed by atoms with van der Waals surface area (Å²) in [5.74, 6) is -7.76. The Morgan fingerprint density at radius 1 is 0.671 bits per heavy atom. The Kier molecular flexibility index (Phi) is 31.9. The highest BCUT2D eigenvalue weighted by molar-refractivity contribution is 6.05. The Hall–Kier alpha value is -5.29. The lowest BCUT2D eigenvalue weighted by Gasteiger charge is -2.21. The molecule has 0 bridgehead atoms. The number of hydroxylamine groups is 2. The van der Waals surface area contributed by atoms with Gasteiger partial charge in [0.2, 0.25) is 17.5 Å². The SMILES string of the molecule is CCCN(OCC)C(=O)C1=Cc2ccc(-c3cnc(CNC(=O)CCOCCOCCOCCOCCOCCOCCOCCOCCOCCOCCC(O)Oc4c(F)c(F)cc(F)c4F)nc3)cc2N=C(N)C1. The molecule has 0 spiro atoms. The van der Waals surface area contributed by atoms with Gasteiger partial charge >= 0.3 is 0 Å². The summed E-state index contributed by atoms with van der Waals surface area (Å²) in [6.45, 7) is 11.6. The molecule has 424 valence electrons. The zero-order chi connectivity index (χ0) is 54.6. The number of rotatable bonds is 43. The van der Waals surface area contributed by atoms with Crippen LogP contribution in [0, 0.1) is 23.3 Å². The highest BCUT2D eigenvalue weighted by atomic mass is 19.2. The van der Waals surface area contributed by atoms with E-state index in [0.717, 1.165) is 23.1 Å². The molecule has 1 atom stereocenters. The van der Waals surface area contributed by atoms with Crippen LogP contribution in [0.3, 0.4) is 0 Å². The van der Waals surface area contributed by atoms with E-state index in [4.69, 9.17) is 57.9 Å². The van der Waals surface area contributed by atoms with Gasteiger partial charge in [0, 0.05) is 61.0 Å². The first-order valence-corrected chi connectivity index (χ1v) is 25.2. The van der Waals surface area contributed by atoms with E-state index in [0.29, 0.717) is 142 Å². The molecule has 76 heavy (non-hydrogen) atoms. The third kappa shape index (κ3) is 25.2. The number of hydrogen-bond acceptors (Lipinski definition) is 19. The number of ether oxygens (including phenoxy) is 11. The lowest BCUT2D eigenvalue weighted by molar-refractivity contribution is -0.180. The van der Waals surface area contributed by atoms with Crippen molar-refractivity contribution in [3.05, 3.63) is 76.9 Å². The number of hydrogen-bond donors (Lipinski definition) is 3. The molecule has 2 amide bonds. The van der Waals surface area contributed by atoms with Crippen LogP contribution in [0.15, 0.2) is 47.2 Å². The molecule has 25 heteroatoms. The van der Waals surface area contributed by atoms with Gasteiger partial charge in [-0.1, -0.05) is 19.1 Å². The molecule has 1 aromatic heterocycles. The average Bonchev–Trinajstić information content (AvgIpc) is 3.59. The number of aliphatic hydroxyl groups excluding tert-OH is 1. The minimum absolute atomic E-state index is 0.0433. The van der Waals surface area contributed by atoms with Crippen molar-refractivity contribution in [3.63, 3.8) is 0 Å². The van der Waals surface area contributed by atoms with E-state index in [1.807, 2.05) is 32.0 Å². The molecule has 1 unspecified atom stereocenters. The maximum Gasteiger partial charge on any atom is 0.273 e. The van der Waals surface area contributed by atoms with Crippen LogP contribution in [0.1, 0.15) is 50.9 Å². The minimum Gasteiger partial charge on any atom is -0.459 e. The monoisotopic (exact) mass is 1080 g/mol. The van der Waals surface area contributed by atoms with Crippen molar-refractivity contribution in [2.75, 3.05) is 145 Å². The van der Waals surface area contributed by atoms with Crippen molar-refractivity contribution in [2.45, 2.75) is 52.4 Å². The second-order valence-electron chi connectivity index (χ2n) is 16.2. The zero-order valence-corrected chi connectivity index (χ0v) is 43.3. The van der Waals surface area contributed by atoms with E-state index >= 15 is 0 Å². The van der Waals surface area contributed by atoms with Crippen LogP contribution in [0.25, 0.3) is 17.2 Å². The Morgan fingerprint density at radius 2 is 1.14 bits per heavy atom. The molecule has 0 saturated carbocycles. The number of carbonyl (C=O) groups excluding carboxylic acids is 2. The standard InChI is InChI=1S/C51H72F4N6O15/c1-3-9-61(75-4-2)51(64)39-30-38-6-5-37(31-43(38)60-44(56)32-39)40-34-57-45(58-35-40)36-59-46(62)7-10-65-12-14-67-16-18-69-20-22-71-24-26-73-28-29-74-27-25-72-23-21-70-19-17-68-15-13-66-11-8-47(63)76-50-48(54)41(52)33-42(53)49(50)55/h5-6,30-31,33-35,47,63H,3-4,7-29,32,36H2,1-2H3,(H2,56,60)(H,59,62). The molecule has 2 heterocycles. The van der Waals surface area contributed by atoms with Gasteiger partial charge in [-0.3, -0.25) is 14.4 Å². The number of halogens is 4. The van der Waals surface area contributed by atoms with Crippen molar-refractivity contribution in [3.8, 4) is 16.9 Å². The Morgan fingerprint density at radius 3 is 1.62 bits per heavy atom. The highest BCUT2D eigenvalue weighted by Crippen LogP contribution is 2.32. The summed E-state index contributed by atoms with van der Waals surface area (Å²) >= 11 is 0. The van der Waals surface area contributed by atoms with Gasteiger partial charge in [0.1, 0.15) is 11.7 Å². The molecule has 1 aliphatic rings. The fourth-order valence-electron chi connectivity index (χ4n) is 6.59. The van der Waals surface area contributed by atoms with Crippen molar-refractivity contribution >= 4 is 29.4 Å². The smallest absolute Gasteiger partial charge is 0.273 e. The molecule has 4 N–H and O–H groups in total. The summed E-state index contributed by atoms with van der Waals surface area (Å²) in [7, 11) is 0. The number of aliphatic hydroxyl groups is 1. The van der Waals surface area contributed by atoms with Crippen molar-refractivity contribution in [1.82, 2.24) is 20.3 Å². The van der Waals surface area contributed by atoms with E-state index in [1.165, 1.54) is 5.06 Å². The van der Waals surface area contributed by atoms with Crippen molar-refractivity contribution in [1.29, 1.82) is 0 Å². The number of nitrogens with zero attached hydrogens (tertiary/aromatic N) is 4. The van der Waals surface area contributed by atoms with Gasteiger partial charge in [0.25, 0.3) is 5.91 Å². The number of aliphatic imine (C=N–C) groups is 1. The average molecular weight is 1090 g/mol. The third-order valence-electron chi connectivity index (χ3n) is 10.3. The first-order chi connectivity index (χ1) is 37.0. The van der Waals surface area contributed by atoms with E-state index in [2.05, 4.69) is 25.0 Å². The van der Waals surface area contributed by atoms with Crippen LogP contribution < -0.4 is 15.8 Å². The number of nitrogens with two attached hydrogens (primary N) is 1. The van der Waals surface area contributed by atoms with Crippen LogP contribution in [-0.2, 0) is 68.3 Å². The van der Waals surface area contributed by atoms with E-state index in [9.17, 15) is 32.3 Å². The quantitative estimate of drug-likeness (QED) is 0.0230. The fraction of sp³-hybridized carbons (Fsp3) is 0.588. The Labute approximate surface area is 440 Å². The maximum atomic E-state index is 13.6. The van der Waals surface area contributed by atoms with Crippen LogP contribution >= 0.6 is 0 Å². The molecular weight excluding hydrogens is 1010 g/mol. The van der Waals surface area contributed by atoms with Gasteiger partial charge in [-0.25, -0.2) is 28.8 Å². The summed E-state index contributed by atoms with van der Waals surface area (Å²) in [5, 5.41) is 13.9. The molecule has 2 aromatic carbocycles. The second-order valence-corrected chi connectivity index (χ2v) is 16.2. The summed E-state index contributed by atoms with van der Waals surface area (Å²) in [4.78, 5) is 44.5. The number of amides is 2. The number of amidine groups is 1. The molecule has 4 rings (SSSR count). The number of nitrogens with one attached hydrogen (secondary N) is 1. The van der Waals surface area contributed by atoms with Gasteiger partial charge < -0.3 is 68.3 Å². The number of carbonyl (C=O) groups is 2.